The van der Waals surface area contributed by atoms with E-state index in [-0.39, 0.29) is 108 Å². The number of hydrogen-bond donors (Lipinski definition) is 12. The fraction of sp³-hybridized carbons (Fsp3) is 0.111. The van der Waals surface area contributed by atoms with Crippen LogP contribution in [0.1, 0.15) is 56.2 Å². The number of fused-ring (bicyclic) bond motifs is 4. The molecule has 0 bridgehead atoms. The van der Waals surface area contributed by atoms with Gasteiger partial charge in [-0.05, 0) is 99.7 Å². The number of ketones is 1. The Morgan fingerprint density at radius 2 is 1.14 bits per heavy atom. The van der Waals surface area contributed by atoms with Crippen LogP contribution < -0.4 is 79.2 Å². The maximum atomic E-state index is 11.2. The first-order valence-corrected chi connectivity index (χ1v) is 25.8. The summed E-state index contributed by atoms with van der Waals surface area (Å²) in [6, 6.07) is 7.76. The van der Waals surface area contributed by atoms with E-state index in [0.29, 0.717) is 38.7 Å². The van der Waals surface area contributed by atoms with Gasteiger partial charge in [0.25, 0.3) is 0 Å². The molecule has 0 aromatic carbocycles. The van der Waals surface area contributed by atoms with Gasteiger partial charge in [0.15, 0.2) is 11.4 Å². The summed E-state index contributed by atoms with van der Waals surface area (Å²) < 4.78 is 9.73. The Labute approximate surface area is 462 Å². The first kappa shape index (κ1) is 61.9. The van der Waals surface area contributed by atoms with Gasteiger partial charge in [0, 0.05) is 22.3 Å². The predicted octanol–water partition coefficient (Wildman–Crippen LogP) is 3.21. The van der Waals surface area contributed by atoms with Gasteiger partial charge in [-0.2, -0.15) is 20.4 Å². The molecule has 0 aliphatic heterocycles. The predicted molar refractivity (Wildman–Crippen MR) is 266 cm³/mol. The molecule has 0 amide bonds. The third-order valence-electron chi connectivity index (χ3n) is 7.83. The number of anilines is 1. The number of aromatic carboxylic acids is 1. The summed E-state index contributed by atoms with van der Waals surface area (Å²) >= 11 is 12.9. The molecule has 0 aliphatic carbocycles. The summed E-state index contributed by atoms with van der Waals surface area (Å²) in [4.78, 5) is 90.4. The van der Waals surface area contributed by atoms with Crippen molar-refractivity contribution in [1.29, 1.82) is 0 Å². The second-order valence-electron chi connectivity index (χ2n) is 12.0. The Balaban J connectivity index is 0.000000415. The molecule has 0 spiro atoms. The third-order valence-corrected chi connectivity index (χ3v) is 8.46. The number of nitrogens with zero attached hydrogens (tertiary/aromatic N) is 6. The Hall–Kier alpha value is -5.09. The Morgan fingerprint density at radius 1 is 0.710 bits per heavy atom. The number of nitrogen functional groups attached to an aromatic ring is 1. The van der Waals surface area contributed by atoms with E-state index in [9.17, 15) is 33.6 Å². The minimum absolute atomic E-state index is 0. The number of esters is 2. The molecule has 27 nitrogen and oxygen atoms in total. The molecular weight excluding hydrogens is 1220 g/mol. The number of nitrogens with two attached hydrogens (primary N) is 2. The molecule has 0 aliphatic rings. The van der Waals surface area contributed by atoms with E-state index < -0.39 is 17.9 Å². The number of aromatic amines is 8. The van der Waals surface area contributed by atoms with Crippen LogP contribution in [0.5, 0.6) is 0 Å². The first-order valence-electron chi connectivity index (χ1n) is 17.7. The number of carboxylic acid groups (broad SMARTS) is 1. The SMILES string of the molecule is BrP(Br)Br.Brc1cnnc2[nH]ccc12.C.COC(=O)c1cc(C(C)=O)c(N)[nH]1.COC(=O)c1cc2c(=O)cn[nH]c2[nH]1.N[N-]O.O=C(O)c1cc2c(=O)cn[nH]c2[nH]1.O=c1cn[nH]c2[nH]ccc12.[K+]. The zero-order chi connectivity index (χ0) is 49.8. The summed E-state index contributed by atoms with van der Waals surface area (Å²) in [6.45, 7) is 1.38. The van der Waals surface area contributed by atoms with Crippen LogP contribution in [-0.4, -0.2) is 114 Å². The van der Waals surface area contributed by atoms with Crippen molar-refractivity contribution in [1.82, 2.24) is 65.7 Å². The smallest absolute Gasteiger partial charge is 0.488 e. The van der Waals surface area contributed by atoms with Gasteiger partial charge in [0.2, 0.25) is 16.3 Å². The number of methoxy groups -OCH3 is 2. The Bertz CT molecular complexity index is 3250. The molecule has 9 heterocycles. The molecule has 362 valence electrons. The molecule has 9 aromatic rings. The Kier molecular flexibility index (Phi) is 28.0. The van der Waals surface area contributed by atoms with Crippen LogP contribution in [0.4, 0.5) is 5.82 Å². The fourth-order valence-electron chi connectivity index (χ4n) is 4.98. The molecule has 0 saturated carbocycles. The molecule has 33 heteroatoms. The van der Waals surface area contributed by atoms with Gasteiger partial charge in [-0.15, -0.1) is 5.10 Å². The van der Waals surface area contributed by atoms with Crippen molar-refractivity contribution >= 4 is 140 Å². The minimum Gasteiger partial charge on any atom is -0.488 e. The average Bonchev–Trinajstić information content (AvgIpc) is 4.15. The number of carboxylic acids is 1. The van der Waals surface area contributed by atoms with Crippen LogP contribution in [0.2, 0.25) is 0 Å². The van der Waals surface area contributed by atoms with E-state index in [1.54, 1.807) is 18.5 Å². The number of H-pyrrole nitrogens is 8. The zero-order valence-corrected chi connectivity index (χ0v) is 45.6. The molecule has 14 N–H and O–H groups in total. The number of nitrogens with one attached hydrogen (secondary N) is 8. The zero-order valence-electron chi connectivity index (χ0n) is 35.2. The largest absolute Gasteiger partial charge is 1.00 e. The molecule has 0 unspecified atom stereocenters. The van der Waals surface area contributed by atoms with Crippen LogP contribution in [0.25, 0.3) is 49.7 Å². The molecule has 0 fully saturated rings. The van der Waals surface area contributed by atoms with E-state index in [1.165, 1.54) is 45.5 Å². The van der Waals surface area contributed by atoms with Crippen LogP contribution in [0.3, 0.4) is 0 Å². The number of aromatic nitrogens is 13. The van der Waals surface area contributed by atoms with Gasteiger partial charge in [0.05, 0.1) is 60.7 Å². The molecule has 9 aromatic heterocycles. The topological polar surface area (TPSA) is 435 Å². The van der Waals surface area contributed by atoms with Crippen molar-refractivity contribution in [2.45, 2.75) is 14.4 Å². The number of carbonyl (C=O) groups excluding carboxylic acids is 3. The quantitative estimate of drug-likeness (QED) is 0.0300. The summed E-state index contributed by atoms with van der Waals surface area (Å²) in [5, 5.41) is 44.1. The number of Topliss-reactive ketones (excluding diaryl/α,β-unsaturated/α-hetero) is 1. The van der Waals surface area contributed by atoms with Crippen molar-refractivity contribution in [3.63, 3.8) is 0 Å². The second-order valence-corrected chi connectivity index (χ2v) is 28.2. The monoisotopic (exact) mass is 1260 g/mol. The number of ether oxygens (including phenoxy) is 2. The van der Waals surface area contributed by atoms with Crippen molar-refractivity contribution < 1.29 is 90.4 Å². The van der Waals surface area contributed by atoms with Crippen molar-refractivity contribution in [2.24, 2.45) is 5.84 Å². The van der Waals surface area contributed by atoms with E-state index >= 15 is 0 Å². The third kappa shape index (κ3) is 19.0. The Morgan fingerprint density at radius 3 is 1.58 bits per heavy atom. The van der Waals surface area contributed by atoms with E-state index in [4.69, 9.17) is 16.0 Å². The maximum absolute atomic E-state index is 11.2. The van der Waals surface area contributed by atoms with E-state index in [1.807, 2.05) is 17.9 Å². The van der Waals surface area contributed by atoms with Gasteiger partial charge in [-0.25, -0.2) is 14.4 Å². The molecule has 69 heavy (non-hydrogen) atoms. The van der Waals surface area contributed by atoms with E-state index in [0.717, 1.165) is 27.9 Å². The molecule has 0 radical (unpaired) electrons. The summed E-state index contributed by atoms with van der Waals surface area (Å²) in [5.41, 5.74) is 9.75. The number of hydrogen-bond acceptors (Lipinski definition) is 17. The van der Waals surface area contributed by atoms with Crippen LogP contribution in [-0.2, 0) is 9.47 Å². The van der Waals surface area contributed by atoms with Gasteiger partial charge in [-0.3, -0.25) is 34.5 Å². The van der Waals surface area contributed by atoms with Crippen molar-refractivity contribution in [3.05, 3.63) is 131 Å². The average molecular weight is 1260 g/mol. The molecule has 9 rings (SSSR count). The molecule has 0 atom stereocenters. The number of halogens is 4. The summed E-state index contributed by atoms with van der Waals surface area (Å²) in [7, 11) is 2.53. The molecule has 0 saturated heterocycles. The van der Waals surface area contributed by atoms with Crippen molar-refractivity contribution in [2.75, 3.05) is 20.0 Å². The van der Waals surface area contributed by atoms with Crippen LogP contribution in [0, 0.1) is 0 Å². The summed E-state index contributed by atoms with van der Waals surface area (Å²) in [6.07, 6.45) is 8.72. The van der Waals surface area contributed by atoms with Gasteiger partial charge in [-0.1, -0.05) is 7.43 Å². The number of rotatable bonds is 4. The van der Waals surface area contributed by atoms with Gasteiger partial charge >= 0.3 is 69.3 Å². The fourth-order valence-corrected chi connectivity index (χ4v) is 5.39. The number of carbonyl (C=O) groups is 4. The maximum Gasteiger partial charge on any atom is 1.00 e. The van der Waals surface area contributed by atoms with Crippen molar-refractivity contribution in [3.8, 4) is 0 Å². The first-order chi connectivity index (χ1) is 31.9. The van der Waals surface area contributed by atoms with Crippen LogP contribution >= 0.6 is 66.4 Å². The molecular formula is C36H38Br4KN16O11P. The summed E-state index contributed by atoms with van der Waals surface area (Å²) in [5.74, 6) is 1.86. The van der Waals surface area contributed by atoms with Gasteiger partial charge in [0.1, 0.15) is 43.9 Å². The minimum atomic E-state index is -1.11. The normalized spacial score (nSPS) is 9.71. The van der Waals surface area contributed by atoms with Crippen LogP contribution in [0.15, 0.2) is 86.4 Å². The van der Waals surface area contributed by atoms with Gasteiger partial charge < -0.3 is 61.9 Å². The standard InChI is InChI=1S/C8H7N3O3.C8H10N2O3.C7H5N3O3.C6H4BrN3.C6H5N3O.CH4.Br3P.K.H3N2O/c1-14-8(13)5-2-4-6(12)3-9-11-7(4)10-5;1-4(11)5-3-6(8(12)13-2)10-7(5)9;11-5-2-8-10-6-3(5)1-4(9-6)7(12)13;7-5-3-9-10-6-4(5)1-2-8-6;10-5-3-8-9-6-4(5)1-2-7-6;;1-4(2)3;;1-2-3/h2-3H,1H3,(H2,10,11,12);3,10H,9H2,1-2H3;1-2H,(H,12,13)(H2,9,10,11);1-3H,(H,8,10);1-3H,(H2,7,9,10);1H4;;;3H,1H2/q;;;;;;;+1;-1. The second kappa shape index (κ2) is 31.2. The van der Waals surface area contributed by atoms with E-state index in [2.05, 4.69) is 143 Å².